The highest BCUT2D eigenvalue weighted by atomic mass is 16.5. The van der Waals surface area contributed by atoms with Gasteiger partial charge in [-0.05, 0) is 6.42 Å². The van der Waals surface area contributed by atoms with E-state index in [0.717, 1.165) is 6.42 Å². The summed E-state index contributed by atoms with van der Waals surface area (Å²) in [5.74, 6) is 0.532. The molecule has 0 spiro atoms. The summed E-state index contributed by atoms with van der Waals surface area (Å²) in [7, 11) is 1.50. The number of hydrogen-bond acceptors (Lipinski definition) is 5. The molecule has 2 aromatic rings. The minimum Gasteiger partial charge on any atom is -0.375 e. The maximum Gasteiger partial charge on any atom is 0.253 e. The van der Waals surface area contributed by atoms with Crippen LogP contribution in [0.3, 0.4) is 0 Å². The maximum atomic E-state index is 12.3. The van der Waals surface area contributed by atoms with Crippen molar-refractivity contribution in [1.82, 2.24) is 24.0 Å². The molecule has 0 saturated carbocycles. The van der Waals surface area contributed by atoms with E-state index in [4.69, 9.17) is 4.74 Å². The molecule has 0 aromatic carbocycles. The molecule has 1 aliphatic heterocycles. The lowest BCUT2D eigenvalue weighted by molar-refractivity contribution is -0.135. The number of rotatable bonds is 4. The van der Waals surface area contributed by atoms with Gasteiger partial charge in [-0.15, -0.1) is 0 Å². The van der Waals surface area contributed by atoms with Gasteiger partial charge in [-0.3, -0.25) is 14.2 Å². The molecule has 0 N–H and O–H groups in total. The Labute approximate surface area is 133 Å². The van der Waals surface area contributed by atoms with E-state index in [9.17, 15) is 9.59 Å². The van der Waals surface area contributed by atoms with E-state index in [1.807, 2.05) is 10.8 Å². The third-order valence-electron chi connectivity index (χ3n) is 3.81. The second-order valence-electron chi connectivity index (χ2n) is 5.49. The zero-order valence-electron chi connectivity index (χ0n) is 13.0. The third-order valence-corrected chi connectivity index (χ3v) is 3.81. The van der Waals surface area contributed by atoms with Crippen molar-refractivity contribution in [1.29, 1.82) is 0 Å². The van der Waals surface area contributed by atoms with Crippen LogP contribution < -0.4 is 5.56 Å². The summed E-state index contributed by atoms with van der Waals surface area (Å²) in [5, 5.41) is 0. The van der Waals surface area contributed by atoms with Gasteiger partial charge in [0.05, 0.1) is 25.1 Å². The molecule has 3 rings (SSSR count). The van der Waals surface area contributed by atoms with Crippen molar-refractivity contribution < 1.29 is 9.53 Å². The van der Waals surface area contributed by atoms with Crippen LogP contribution in [0.15, 0.2) is 29.6 Å². The Kier molecular flexibility index (Phi) is 4.52. The van der Waals surface area contributed by atoms with Crippen molar-refractivity contribution in [3.63, 3.8) is 0 Å². The molecule has 122 valence electrons. The van der Waals surface area contributed by atoms with Crippen molar-refractivity contribution in [2.75, 3.05) is 20.3 Å². The van der Waals surface area contributed by atoms with Crippen LogP contribution in [0.4, 0.5) is 0 Å². The highest BCUT2D eigenvalue weighted by Gasteiger charge is 2.21. The molecule has 0 unspecified atom stereocenters. The molecule has 0 atom stereocenters. The molecule has 0 fully saturated rings. The number of hydrogen-bond donors (Lipinski definition) is 0. The zero-order chi connectivity index (χ0) is 16.2. The number of nitrogens with zero attached hydrogens (tertiary/aromatic N) is 5. The zero-order valence-corrected chi connectivity index (χ0v) is 13.0. The third kappa shape index (κ3) is 3.48. The number of carbonyl (C=O) groups is 1. The molecule has 3 heterocycles. The van der Waals surface area contributed by atoms with E-state index in [1.165, 1.54) is 7.11 Å². The Hall–Kier alpha value is -2.48. The van der Waals surface area contributed by atoms with E-state index >= 15 is 0 Å². The Morgan fingerprint density at radius 3 is 3.00 bits per heavy atom. The largest absolute Gasteiger partial charge is 0.375 e. The number of methoxy groups -OCH3 is 1. The van der Waals surface area contributed by atoms with Gasteiger partial charge >= 0.3 is 0 Å². The van der Waals surface area contributed by atoms with Crippen molar-refractivity contribution in [3.05, 3.63) is 46.7 Å². The van der Waals surface area contributed by atoms with E-state index in [0.29, 0.717) is 37.7 Å². The summed E-state index contributed by atoms with van der Waals surface area (Å²) < 4.78 is 8.41. The smallest absolute Gasteiger partial charge is 0.253 e. The molecular weight excluding hydrogens is 298 g/mol. The quantitative estimate of drug-likeness (QED) is 0.784. The van der Waals surface area contributed by atoms with Crippen LogP contribution >= 0.6 is 0 Å². The van der Waals surface area contributed by atoms with Crippen molar-refractivity contribution in [2.45, 2.75) is 26.1 Å². The van der Waals surface area contributed by atoms with Crippen LogP contribution in [-0.4, -0.2) is 50.2 Å². The number of fused-ring (bicyclic) bond motifs is 1. The highest BCUT2D eigenvalue weighted by Crippen LogP contribution is 2.10. The molecular formula is C15H19N5O3. The van der Waals surface area contributed by atoms with Gasteiger partial charge in [0.2, 0.25) is 5.91 Å². The fourth-order valence-corrected chi connectivity index (χ4v) is 2.71. The number of carbonyl (C=O) groups excluding carboxylic acids is 1. The van der Waals surface area contributed by atoms with Crippen molar-refractivity contribution in [2.24, 2.45) is 0 Å². The van der Waals surface area contributed by atoms with Crippen LogP contribution in [-0.2, 0) is 29.2 Å². The van der Waals surface area contributed by atoms with E-state index in [-0.39, 0.29) is 18.1 Å². The normalized spacial score (nSPS) is 14.4. The maximum absolute atomic E-state index is 12.3. The van der Waals surface area contributed by atoms with Crippen molar-refractivity contribution >= 4 is 5.91 Å². The highest BCUT2D eigenvalue weighted by molar-refractivity contribution is 5.77. The molecule has 0 saturated heterocycles. The van der Waals surface area contributed by atoms with Crippen LogP contribution in [0, 0.1) is 0 Å². The number of imidazole rings is 1. The van der Waals surface area contributed by atoms with Crippen LogP contribution in [0.2, 0.25) is 0 Å². The van der Waals surface area contributed by atoms with Gasteiger partial charge in [0.1, 0.15) is 12.4 Å². The number of amides is 1. The predicted molar refractivity (Wildman–Crippen MR) is 81.7 cm³/mol. The molecule has 1 amide bonds. The summed E-state index contributed by atoms with van der Waals surface area (Å²) >= 11 is 0. The van der Waals surface area contributed by atoms with Gasteiger partial charge in [-0.25, -0.2) is 9.97 Å². The predicted octanol–water partition coefficient (Wildman–Crippen LogP) is -0.133. The lowest BCUT2D eigenvalue weighted by atomic mass is 10.3. The number of ether oxygens (including phenoxy) is 1. The molecule has 23 heavy (non-hydrogen) atoms. The lowest BCUT2D eigenvalue weighted by Gasteiger charge is -2.19. The first-order valence-corrected chi connectivity index (χ1v) is 7.49. The Bertz CT molecular complexity index is 738. The summed E-state index contributed by atoms with van der Waals surface area (Å²) in [6, 6.07) is 1.55. The molecule has 0 bridgehead atoms. The average Bonchev–Trinajstić information content (AvgIpc) is 2.92. The Morgan fingerprint density at radius 2 is 2.26 bits per heavy atom. The second kappa shape index (κ2) is 6.74. The first-order chi connectivity index (χ1) is 11.2. The lowest BCUT2D eigenvalue weighted by Crippen LogP contribution is -2.34. The average molecular weight is 317 g/mol. The van der Waals surface area contributed by atoms with Crippen LogP contribution in [0.5, 0.6) is 0 Å². The van der Waals surface area contributed by atoms with Gasteiger partial charge in [0.15, 0.2) is 0 Å². The standard InChI is InChI=1S/C15H19N5O3/c1-23-10-15(22)19-4-2-5-20-13(9-19)17-12(7-14(20)21)8-18-6-3-16-11-18/h3,6-7,11H,2,4-5,8-10H2,1H3. The number of aromatic nitrogens is 4. The topological polar surface area (TPSA) is 82.2 Å². The summed E-state index contributed by atoms with van der Waals surface area (Å²) in [6.45, 7) is 2.02. The molecule has 0 radical (unpaired) electrons. The summed E-state index contributed by atoms with van der Waals surface area (Å²) in [5.41, 5.74) is 0.589. The molecule has 8 heteroatoms. The summed E-state index contributed by atoms with van der Waals surface area (Å²) in [6.07, 6.45) is 5.91. The van der Waals surface area contributed by atoms with E-state index in [1.54, 1.807) is 28.1 Å². The van der Waals surface area contributed by atoms with Gasteiger partial charge < -0.3 is 14.2 Å². The molecule has 8 nitrogen and oxygen atoms in total. The monoisotopic (exact) mass is 317 g/mol. The fourth-order valence-electron chi connectivity index (χ4n) is 2.71. The molecule has 1 aliphatic rings. The van der Waals surface area contributed by atoms with Crippen LogP contribution in [0.1, 0.15) is 17.9 Å². The Morgan fingerprint density at radius 1 is 1.39 bits per heavy atom. The van der Waals surface area contributed by atoms with Crippen molar-refractivity contribution in [3.8, 4) is 0 Å². The Balaban J connectivity index is 1.88. The van der Waals surface area contributed by atoms with E-state index < -0.39 is 0 Å². The van der Waals surface area contributed by atoms with Gasteiger partial charge in [-0.2, -0.15) is 0 Å². The minimum absolute atomic E-state index is 0.0406. The molecule has 2 aromatic heterocycles. The summed E-state index contributed by atoms with van der Waals surface area (Å²) in [4.78, 5) is 34.7. The minimum atomic E-state index is -0.0878. The van der Waals surface area contributed by atoms with Crippen LogP contribution in [0.25, 0.3) is 0 Å². The van der Waals surface area contributed by atoms with Gasteiger partial charge in [0, 0.05) is 38.7 Å². The molecule has 0 aliphatic carbocycles. The van der Waals surface area contributed by atoms with Gasteiger partial charge in [-0.1, -0.05) is 0 Å². The van der Waals surface area contributed by atoms with Gasteiger partial charge in [0.25, 0.3) is 5.56 Å². The first kappa shape index (κ1) is 15.4. The fraction of sp³-hybridized carbons (Fsp3) is 0.467. The van der Waals surface area contributed by atoms with E-state index in [2.05, 4.69) is 9.97 Å². The first-order valence-electron chi connectivity index (χ1n) is 7.49. The SMILES string of the molecule is COCC(=O)N1CCCn2c(nc(Cn3ccnc3)cc2=O)C1. The second-order valence-corrected chi connectivity index (χ2v) is 5.49.